The monoisotopic (exact) mass is 556 g/mol. The summed E-state index contributed by atoms with van der Waals surface area (Å²) >= 11 is 0. The second kappa shape index (κ2) is 12.6. The minimum atomic E-state index is -4.98. The number of ether oxygens (including phenoxy) is 3. The van der Waals surface area contributed by atoms with Gasteiger partial charge in [0.05, 0.1) is 30.1 Å². The number of carbonyl (C=O) groups excluding carboxylic acids is 1. The van der Waals surface area contributed by atoms with Crippen molar-refractivity contribution >= 4 is 16.7 Å². The maximum atomic E-state index is 14.7. The van der Waals surface area contributed by atoms with Crippen LogP contribution in [0.15, 0.2) is 18.2 Å². The fourth-order valence-corrected chi connectivity index (χ4v) is 5.20. The largest absolute Gasteiger partial charge is 0.458 e. The van der Waals surface area contributed by atoms with Crippen molar-refractivity contribution in [2.45, 2.75) is 70.8 Å². The zero-order valence-electron chi connectivity index (χ0n) is 21.5. The molecular weight excluding hydrogens is 526 g/mol. The predicted molar refractivity (Wildman–Crippen MR) is 131 cm³/mol. The Morgan fingerprint density at radius 2 is 1.69 bits per heavy atom. The van der Waals surface area contributed by atoms with Crippen molar-refractivity contribution in [3.63, 3.8) is 0 Å². The molecule has 0 amide bonds. The van der Waals surface area contributed by atoms with Crippen LogP contribution in [0.25, 0.3) is 10.8 Å². The number of unbranched alkanes of at least 4 members (excludes halogenated alkanes) is 2. The van der Waals surface area contributed by atoms with Gasteiger partial charge in [0.1, 0.15) is 17.4 Å². The summed E-state index contributed by atoms with van der Waals surface area (Å²) in [7, 11) is 0. The maximum absolute atomic E-state index is 14.7. The van der Waals surface area contributed by atoms with Crippen molar-refractivity contribution in [2.24, 2.45) is 17.8 Å². The molecule has 0 spiro atoms. The summed E-state index contributed by atoms with van der Waals surface area (Å²) in [6.07, 6.45) is 1.76. The summed E-state index contributed by atoms with van der Waals surface area (Å²) in [5.74, 6) is -2.75. The number of halogens is 6. The maximum Gasteiger partial charge on any atom is 0.458 e. The lowest BCUT2D eigenvalue weighted by atomic mass is 9.81. The summed E-state index contributed by atoms with van der Waals surface area (Å²) in [5, 5.41) is -1.06. The average molecular weight is 557 g/mol. The number of alkyl halides is 3. The van der Waals surface area contributed by atoms with Gasteiger partial charge in [-0.05, 0) is 49.6 Å². The molecular formula is C29H30F6O4. The van der Waals surface area contributed by atoms with Crippen molar-refractivity contribution in [1.82, 2.24) is 0 Å². The third-order valence-corrected chi connectivity index (χ3v) is 7.30. The molecule has 1 heterocycles. The highest BCUT2D eigenvalue weighted by Gasteiger charge is 2.35. The van der Waals surface area contributed by atoms with Gasteiger partial charge in [-0.15, -0.1) is 0 Å². The van der Waals surface area contributed by atoms with Gasteiger partial charge in [0.25, 0.3) is 0 Å². The van der Waals surface area contributed by atoms with E-state index in [-0.39, 0.29) is 23.3 Å². The van der Waals surface area contributed by atoms with Gasteiger partial charge in [-0.3, -0.25) is 4.79 Å². The lowest BCUT2D eigenvalue weighted by molar-refractivity contribution is -0.230. The van der Waals surface area contributed by atoms with E-state index in [4.69, 9.17) is 14.2 Å². The highest BCUT2D eigenvalue weighted by molar-refractivity contribution is 5.87. The predicted octanol–water partition coefficient (Wildman–Crippen LogP) is 7.45. The Hall–Kier alpha value is -2.77. The molecule has 2 aliphatic rings. The van der Waals surface area contributed by atoms with Crippen LogP contribution >= 0.6 is 0 Å². The molecule has 10 heteroatoms. The SMILES string of the molecule is CCCCCC1COC(C2CCC(C(=O)Oc3cc(F)c4c(F)c(C#CC(F)(F)F)c(F)cc4c3)CC2)OC1. The van der Waals surface area contributed by atoms with Crippen LogP contribution in [-0.2, 0) is 14.3 Å². The van der Waals surface area contributed by atoms with Crippen LogP contribution in [0.1, 0.15) is 63.9 Å². The molecule has 1 saturated carbocycles. The van der Waals surface area contributed by atoms with E-state index in [2.05, 4.69) is 6.92 Å². The van der Waals surface area contributed by atoms with E-state index in [9.17, 15) is 31.1 Å². The molecule has 0 aromatic heterocycles. The van der Waals surface area contributed by atoms with Crippen LogP contribution in [-0.4, -0.2) is 31.6 Å². The summed E-state index contributed by atoms with van der Waals surface area (Å²) in [5.41, 5.74) is -1.20. The number of carbonyl (C=O) groups is 1. The minimum Gasteiger partial charge on any atom is -0.426 e. The molecule has 0 atom stereocenters. The van der Waals surface area contributed by atoms with Gasteiger partial charge in [0.2, 0.25) is 0 Å². The van der Waals surface area contributed by atoms with Gasteiger partial charge < -0.3 is 14.2 Å². The molecule has 2 aromatic carbocycles. The number of esters is 1. The first kappa shape index (κ1) is 29.2. The zero-order chi connectivity index (χ0) is 28.2. The molecule has 1 aliphatic heterocycles. The van der Waals surface area contributed by atoms with Gasteiger partial charge in [0, 0.05) is 23.8 Å². The third kappa shape index (κ3) is 7.46. The van der Waals surface area contributed by atoms with E-state index < -0.39 is 46.5 Å². The second-order valence-corrected chi connectivity index (χ2v) is 10.2. The zero-order valence-corrected chi connectivity index (χ0v) is 21.5. The Labute approximate surface area is 223 Å². The Balaban J connectivity index is 1.35. The number of hydrogen-bond acceptors (Lipinski definition) is 4. The molecule has 4 nitrogen and oxygen atoms in total. The van der Waals surface area contributed by atoms with Crippen LogP contribution in [0.4, 0.5) is 26.3 Å². The number of rotatable bonds is 7. The third-order valence-electron chi connectivity index (χ3n) is 7.30. The van der Waals surface area contributed by atoms with Crippen molar-refractivity contribution in [3.05, 3.63) is 41.2 Å². The van der Waals surface area contributed by atoms with E-state index in [0.29, 0.717) is 50.9 Å². The fourth-order valence-electron chi connectivity index (χ4n) is 5.20. The van der Waals surface area contributed by atoms with Gasteiger partial charge in [-0.25, -0.2) is 13.2 Å². The Morgan fingerprint density at radius 3 is 2.33 bits per heavy atom. The molecule has 4 rings (SSSR count). The van der Waals surface area contributed by atoms with Crippen molar-refractivity contribution in [3.8, 4) is 17.6 Å². The average Bonchev–Trinajstić information content (AvgIpc) is 2.88. The van der Waals surface area contributed by atoms with E-state index >= 15 is 0 Å². The smallest absolute Gasteiger partial charge is 0.426 e. The van der Waals surface area contributed by atoms with Crippen LogP contribution in [0.2, 0.25) is 0 Å². The Kier molecular flexibility index (Phi) is 9.44. The molecule has 1 saturated heterocycles. The van der Waals surface area contributed by atoms with E-state index in [0.717, 1.165) is 30.9 Å². The highest BCUT2D eigenvalue weighted by atomic mass is 19.4. The van der Waals surface area contributed by atoms with Gasteiger partial charge in [0.15, 0.2) is 12.1 Å². The standard InChI is InChI=1S/C29H30F6O4/c1-2-3-4-5-17-15-37-28(38-16-17)19-8-6-18(7-9-19)27(36)39-21-12-20-13-23(30)22(10-11-29(33,34)35)26(32)25(20)24(31)14-21/h12-14,17-19,28H,2-9,15-16H2,1H3. The molecule has 2 fully saturated rings. The first-order valence-corrected chi connectivity index (χ1v) is 13.2. The number of benzene rings is 2. The molecule has 1 aliphatic carbocycles. The van der Waals surface area contributed by atoms with E-state index in [1.165, 1.54) is 18.8 Å². The van der Waals surface area contributed by atoms with Crippen LogP contribution < -0.4 is 4.74 Å². The Bertz CT molecular complexity index is 1230. The van der Waals surface area contributed by atoms with Crippen molar-refractivity contribution in [1.29, 1.82) is 0 Å². The van der Waals surface area contributed by atoms with Gasteiger partial charge >= 0.3 is 12.1 Å². The molecule has 212 valence electrons. The molecule has 0 radical (unpaired) electrons. The summed E-state index contributed by atoms with van der Waals surface area (Å²) in [4.78, 5) is 12.8. The Morgan fingerprint density at radius 1 is 1.00 bits per heavy atom. The molecule has 0 unspecified atom stereocenters. The van der Waals surface area contributed by atoms with E-state index in [1.54, 1.807) is 0 Å². The quantitative estimate of drug-likeness (QED) is 0.117. The molecule has 0 bridgehead atoms. The number of hydrogen-bond donors (Lipinski definition) is 0. The van der Waals surface area contributed by atoms with Gasteiger partial charge in [-0.2, -0.15) is 13.2 Å². The van der Waals surface area contributed by atoms with Crippen molar-refractivity contribution in [2.75, 3.05) is 13.2 Å². The molecule has 39 heavy (non-hydrogen) atoms. The molecule has 2 aromatic rings. The van der Waals surface area contributed by atoms with Crippen LogP contribution in [0.5, 0.6) is 5.75 Å². The fraction of sp³-hybridized carbons (Fsp3) is 0.552. The summed E-state index contributed by atoms with van der Waals surface area (Å²) in [6, 6.07) is 2.47. The second-order valence-electron chi connectivity index (χ2n) is 10.2. The lowest BCUT2D eigenvalue weighted by Crippen LogP contribution is -2.39. The summed E-state index contributed by atoms with van der Waals surface area (Å²) < 4.78 is 97.9. The van der Waals surface area contributed by atoms with Crippen molar-refractivity contribution < 1.29 is 45.3 Å². The van der Waals surface area contributed by atoms with E-state index in [1.807, 2.05) is 0 Å². The number of fused-ring (bicyclic) bond motifs is 1. The normalized spacial score (nSPS) is 23.8. The molecule has 0 N–H and O–H groups in total. The van der Waals surface area contributed by atoms with Gasteiger partial charge in [-0.1, -0.05) is 32.1 Å². The minimum absolute atomic E-state index is 0.157. The topological polar surface area (TPSA) is 44.8 Å². The van der Waals surface area contributed by atoms with Crippen LogP contribution in [0, 0.1) is 47.0 Å². The highest BCUT2D eigenvalue weighted by Crippen LogP contribution is 2.36. The van der Waals surface area contributed by atoms with Crippen LogP contribution in [0.3, 0.4) is 0 Å². The first-order chi connectivity index (χ1) is 18.6. The summed E-state index contributed by atoms with van der Waals surface area (Å²) in [6.45, 7) is 3.50. The lowest BCUT2D eigenvalue weighted by Gasteiger charge is -2.37. The first-order valence-electron chi connectivity index (χ1n) is 13.2.